The second-order valence-electron chi connectivity index (χ2n) is 1.96. The van der Waals surface area contributed by atoms with Gasteiger partial charge < -0.3 is 4.90 Å². The summed E-state index contributed by atoms with van der Waals surface area (Å²) in [7, 11) is 3.87. The van der Waals surface area contributed by atoms with Crippen LogP contribution in [0.4, 0.5) is 5.82 Å². The zero-order valence-corrected chi connectivity index (χ0v) is 6.80. The predicted octanol–water partition coefficient (Wildman–Crippen LogP) is 0.964. The highest BCUT2D eigenvalue weighted by Gasteiger charge is 1.90. The lowest BCUT2D eigenvalue weighted by Gasteiger charge is -2.08. The number of rotatable bonds is 1. The van der Waals surface area contributed by atoms with Crippen LogP contribution in [-0.2, 0) is 0 Å². The molecule has 0 aliphatic heterocycles. The first kappa shape index (κ1) is 9.17. The van der Waals surface area contributed by atoms with E-state index in [1.165, 1.54) is 0 Å². The minimum absolute atomic E-state index is 0. The van der Waals surface area contributed by atoms with E-state index < -0.39 is 0 Å². The molecule has 4 heteroatoms. The van der Waals surface area contributed by atoms with E-state index in [0.717, 1.165) is 5.82 Å². The first-order valence-electron chi connectivity index (χ1n) is 2.74. The normalized spacial score (nSPS) is 8.20. The van der Waals surface area contributed by atoms with Crippen LogP contribution in [0.5, 0.6) is 0 Å². The number of hydrogen-bond acceptors (Lipinski definition) is 3. The molecule has 0 spiro atoms. The highest BCUT2D eigenvalue weighted by Crippen LogP contribution is 1.99. The van der Waals surface area contributed by atoms with Gasteiger partial charge in [-0.05, 0) is 0 Å². The molecule has 0 fully saturated rings. The van der Waals surface area contributed by atoms with Crippen LogP contribution in [-0.4, -0.2) is 24.1 Å². The zero-order valence-electron chi connectivity index (χ0n) is 5.98. The Morgan fingerprint density at radius 2 is 2.00 bits per heavy atom. The van der Waals surface area contributed by atoms with Gasteiger partial charge in [-0.2, -0.15) is 0 Å². The van der Waals surface area contributed by atoms with Crippen molar-refractivity contribution in [3.8, 4) is 0 Å². The minimum Gasteiger partial charge on any atom is -0.361 e. The van der Waals surface area contributed by atoms with E-state index in [4.69, 9.17) is 0 Å². The summed E-state index contributed by atoms with van der Waals surface area (Å²) < 4.78 is 0. The molecule has 1 aromatic rings. The zero-order chi connectivity index (χ0) is 6.69. The molecule has 0 amide bonds. The number of aromatic nitrogens is 2. The molecule has 1 aromatic heterocycles. The van der Waals surface area contributed by atoms with Gasteiger partial charge >= 0.3 is 0 Å². The Hall–Kier alpha value is -0.830. The van der Waals surface area contributed by atoms with Gasteiger partial charge in [0.25, 0.3) is 0 Å². The lowest BCUT2D eigenvalue weighted by atomic mass is 10.6. The Balaban J connectivity index is 0.000000810. The molecular weight excluding hydrogens is 150 g/mol. The first-order valence-corrected chi connectivity index (χ1v) is 2.74. The van der Waals surface area contributed by atoms with Crippen LogP contribution >= 0.6 is 12.4 Å². The highest BCUT2D eigenvalue weighted by molar-refractivity contribution is 5.85. The van der Waals surface area contributed by atoms with Crippen LogP contribution in [0.25, 0.3) is 0 Å². The van der Waals surface area contributed by atoms with Crippen molar-refractivity contribution in [2.24, 2.45) is 0 Å². The van der Waals surface area contributed by atoms with Crippen molar-refractivity contribution < 1.29 is 0 Å². The van der Waals surface area contributed by atoms with Gasteiger partial charge in [0.1, 0.15) is 5.82 Å². The summed E-state index contributed by atoms with van der Waals surface area (Å²) >= 11 is 0. The van der Waals surface area contributed by atoms with Gasteiger partial charge in [-0.25, -0.2) is 4.98 Å². The summed E-state index contributed by atoms with van der Waals surface area (Å²) in [6.45, 7) is 0. The average molecular weight is 160 g/mol. The van der Waals surface area contributed by atoms with Crippen molar-refractivity contribution in [2.45, 2.75) is 0 Å². The lowest BCUT2D eigenvalue weighted by molar-refractivity contribution is 1.04. The van der Waals surface area contributed by atoms with E-state index in [1.54, 1.807) is 18.6 Å². The third-order valence-corrected chi connectivity index (χ3v) is 1.01. The monoisotopic (exact) mass is 159 g/mol. The molecule has 10 heavy (non-hydrogen) atoms. The maximum absolute atomic E-state index is 4.04. The third kappa shape index (κ3) is 2.19. The van der Waals surface area contributed by atoms with Crippen LogP contribution in [0.15, 0.2) is 18.6 Å². The van der Waals surface area contributed by atoms with Crippen molar-refractivity contribution in [2.75, 3.05) is 19.0 Å². The van der Waals surface area contributed by atoms with Crippen molar-refractivity contribution in [1.82, 2.24) is 9.97 Å². The number of hydrogen-bond donors (Lipinski definition) is 0. The maximum Gasteiger partial charge on any atom is 0.146 e. The fourth-order valence-corrected chi connectivity index (χ4v) is 0.522. The summed E-state index contributed by atoms with van der Waals surface area (Å²) in [6, 6.07) is 0. The summed E-state index contributed by atoms with van der Waals surface area (Å²) in [4.78, 5) is 9.85. The standard InChI is InChI=1S/C6H9N3.ClH/c1-9(2)6-5-7-3-4-8-6;/h3-5H,1-2H3;1H. The van der Waals surface area contributed by atoms with E-state index in [1.807, 2.05) is 19.0 Å². The molecule has 1 rings (SSSR count). The third-order valence-electron chi connectivity index (χ3n) is 1.01. The molecule has 0 unspecified atom stereocenters. The predicted molar refractivity (Wildman–Crippen MR) is 43.6 cm³/mol. The molecule has 0 aliphatic carbocycles. The van der Waals surface area contributed by atoms with Crippen LogP contribution in [0.1, 0.15) is 0 Å². The van der Waals surface area contributed by atoms with Crippen molar-refractivity contribution in [1.29, 1.82) is 0 Å². The second-order valence-corrected chi connectivity index (χ2v) is 1.96. The smallest absolute Gasteiger partial charge is 0.146 e. The Morgan fingerprint density at radius 1 is 1.30 bits per heavy atom. The first-order chi connectivity index (χ1) is 4.30. The molecule has 0 aromatic carbocycles. The quantitative estimate of drug-likeness (QED) is 0.612. The van der Waals surface area contributed by atoms with Crippen LogP contribution in [0, 0.1) is 0 Å². The molecule has 0 atom stereocenters. The van der Waals surface area contributed by atoms with Crippen LogP contribution in [0.3, 0.4) is 0 Å². The van der Waals surface area contributed by atoms with Crippen LogP contribution in [0.2, 0.25) is 0 Å². The van der Waals surface area contributed by atoms with Gasteiger partial charge in [0.2, 0.25) is 0 Å². The van der Waals surface area contributed by atoms with E-state index in [-0.39, 0.29) is 12.4 Å². The number of halogens is 1. The van der Waals surface area contributed by atoms with Gasteiger partial charge in [0, 0.05) is 26.5 Å². The molecule has 0 radical (unpaired) electrons. The molecule has 0 saturated heterocycles. The molecule has 0 saturated carbocycles. The molecule has 56 valence electrons. The fraction of sp³-hybridized carbons (Fsp3) is 0.333. The molecule has 0 bridgehead atoms. The fourth-order valence-electron chi connectivity index (χ4n) is 0.522. The second kappa shape index (κ2) is 4.06. The average Bonchev–Trinajstić information content (AvgIpc) is 1.90. The van der Waals surface area contributed by atoms with Gasteiger partial charge in [-0.1, -0.05) is 0 Å². The Morgan fingerprint density at radius 3 is 2.30 bits per heavy atom. The summed E-state index contributed by atoms with van der Waals surface area (Å²) in [5, 5.41) is 0. The van der Waals surface area contributed by atoms with E-state index >= 15 is 0 Å². The van der Waals surface area contributed by atoms with E-state index in [2.05, 4.69) is 9.97 Å². The van der Waals surface area contributed by atoms with Gasteiger partial charge in [-0.3, -0.25) is 4.98 Å². The van der Waals surface area contributed by atoms with Crippen LogP contribution < -0.4 is 4.90 Å². The summed E-state index contributed by atoms with van der Waals surface area (Å²) in [5.41, 5.74) is 0. The summed E-state index contributed by atoms with van der Waals surface area (Å²) in [5.74, 6) is 0.887. The van der Waals surface area contributed by atoms with Gasteiger partial charge in [0.15, 0.2) is 0 Å². The Bertz CT molecular complexity index is 176. The molecule has 1 heterocycles. The minimum atomic E-state index is 0. The van der Waals surface area contributed by atoms with Gasteiger partial charge in [0.05, 0.1) is 6.20 Å². The van der Waals surface area contributed by atoms with Gasteiger partial charge in [-0.15, -0.1) is 12.4 Å². The molecule has 0 aliphatic rings. The SMILES string of the molecule is CN(C)c1cnccn1.Cl. The van der Waals surface area contributed by atoms with Crippen molar-refractivity contribution in [3.63, 3.8) is 0 Å². The lowest BCUT2D eigenvalue weighted by Crippen LogP contribution is -2.10. The molecular formula is C6H10ClN3. The highest BCUT2D eigenvalue weighted by atomic mass is 35.5. The van der Waals surface area contributed by atoms with Crippen molar-refractivity contribution in [3.05, 3.63) is 18.6 Å². The van der Waals surface area contributed by atoms with E-state index in [9.17, 15) is 0 Å². The van der Waals surface area contributed by atoms with Crippen molar-refractivity contribution >= 4 is 18.2 Å². The Kier molecular flexibility index (Phi) is 3.72. The molecule has 3 nitrogen and oxygen atoms in total. The topological polar surface area (TPSA) is 29.0 Å². The van der Waals surface area contributed by atoms with E-state index in [0.29, 0.717) is 0 Å². The summed E-state index contributed by atoms with van der Waals surface area (Å²) in [6.07, 6.45) is 5.06. The number of anilines is 1. The Labute approximate surface area is 66.5 Å². The number of nitrogens with zero attached hydrogens (tertiary/aromatic N) is 3. The molecule has 0 N–H and O–H groups in total. The maximum atomic E-state index is 4.04. The largest absolute Gasteiger partial charge is 0.361 e.